The van der Waals surface area contributed by atoms with Crippen molar-refractivity contribution < 1.29 is 28.2 Å². The number of rotatable bonds is 4. The average molecular weight is 405 g/mol. The Labute approximate surface area is 161 Å². The van der Waals surface area contributed by atoms with Gasteiger partial charge in [0.2, 0.25) is 5.91 Å². The van der Waals surface area contributed by atoms with Gasteiger partial charge in [-0.15, -0.1) is 0 Å². The average Bonchev–Trinajstić information content (AvgIpc) is 2.93. The van der Waals surface area contributed by atoms with Gasteiger partial charge in [0.25, 0.3) is 0 Å². The summed E-state index contributed by atoms with van der Waals surface area (Å²) in [5, 5.41) is 11.7. The topological polar surface area (TPSA) is 78.9 Å². The number of nitrogens with zero attached hydrogens (tertiary/aromatic N) is 1. The first-order valence-corrected chi connectivity index (χ1v) is 8.83. The van der Waals surface area contributed by atoms with Crippen LogP contribution < -0.4 is 5.32 Å². The molecule has 0 aromatic heterocycles. The summed E-state index contributed by atoms with van der Waals surface area (Å²) < 4.78 is 33.8. The number of aliphatic hydroxyl groups is 1. The highest BCUT2D eigenvalue weighted by Crippen LogP contribution is 2.32. The van der Waals surface area contributed by atoms with Gasteiger partial charge in [-0.2, -0.15) is 0 Å². The molecule has 27 heavy (non-hydrogen) atoms. The summed E-state index contributed by atoms with van der Waals surface area (Å²) in [4.78, 5) is 25.8. The van der Waals surface area contributed by atoms with Gasteiger partial charge in [0.1, 0.15) is 17.5 Å². The molecule has 2 N–H and O–H groups in total. The Morgan fingerprint density at radius 3 is 2.70 bits per heavy atom. The van der Waals surface area contributed by atoms with Gasteiger partial charge >= 0.3 is 6.09 Å². The van der Waals surface area contributed by atoms with E-state index in [-0.39, 0.29) is 23.6 Å². The van der Waals surface area contributed by atoms with Crippen LogP contribution in [0.15, 0.2) is 18.2 Å². The molecule has 1 aromatic carbocycles. The van der Waals surface area contributed by atoms with Gasteiger partial charge in [0, 0.05) is 18.5 Å². The van der Waals surface area contributed by atoms with Gasteiger partial charge in [0.05, 0.1) is 18.2 Å². The lowest BCUT2D eigenvalue weighted by Gasteiger charge is -2.28. The molecule has 0 bridgehead atoms. The fraction of sp³-hybridized carbons (Fsp3) is 0.556. The molecule has 0 aliphatic carbocycles. The number of halogens is 3. The van der Waals surface area contributed by atoms with E-state index in [0.717, 1.165) is 4.90 Å². The molecule has 0 radical (unpaired) electrons. The van der Waals surface area contributed by atoms with Gasteiger partial charge in [-0.25, -0.2) is 13.6 Å². The quantitative estimate of drug-likeness (QED) is 0.808. The van der Waals surface area contributed by atoms with Crippen molar-refractivity contribution in [2.45, 2.75) is 51.0 Å². The molecular formula is C18H23ClF2N2O4. The molecule has 0 spiro atoms. The molecule has 1 aromatic rings. The van der Waals surface area contributed by atoms with Crippen LogP contribution in [-0.4, -0.2) is 52.5 Å². The van der Waals surface area contributed by atoms with E-state index in [4.69, 9.17) is 16.3 Å². The highest BCUT2D eigenvalue weighted by atomic mass is 35.5. The number of amides is 2. The maximum atomic E-state index is 14.6. The Bertz CT molecular complexity index is 726. The van der Waals surface area contributed by atoms with Crippen LogP contribution in [0.2, 0.25) is 5.02 Å². The number of hydrogen-bond donors (Lipinski definition) is 2. The molecule has 2 amide bonds. The highest BCUT2D eigenvalue weighted by molar-refractivity contribution is 6.30. The molecule has 150 valence electrons. The van der Waals surface area contributed by atoms with Crippen molar-refractivity contribution >= 4 is 23.6 Å². The van der Waals surface area contributed by atoms with Crippen molar-refractivity contribution in [1.29, 1.82) is 0 Å². The molecule has 1 saturated heterocycles. The van der Waals surface area contributed by atoms with Crippen molar-refractivity contribution in [2.75, 3.05) is 13.2 Å². The standard InChI is InChI=1S/C18H23ClF2N2O4/c1-17(2,3)27-16(26)23-9-18(21,10-24)7-13(23)15(25)22-8-11-5-4-6-12(19)14(11)20/h4-6,13,24H,7-10H2,1-3H3,(H,22,25)/t13-,18+/m0/s1. The smallest absolute Gasteiger partial charge is 0.411 e. The van der Waals surface area contributed by atoms with Crippen molar-refractivity contribution in [3.8, 4) is 0 Å². The Kier molecular flexibility index (Phi) is 6.32. The molecule has 0 saturated carbocycles. The van der Waals surface area contributed by atoms with Crippen LogP contribution >= 0.6 is 11.6 Å². The normalized spacial score (nSPS) is 22.6. The van der Waals surface area contributed by atoms with Gasteiger partial charge < -0.3 is 15.2 Å². The second-order valence-electron chi connectivity index (χ2n) is 7.57. The summed E-state index contributed by atoms with van der Waals surface area (Å²) in [6.07, 6.45) is -1.24. The summed E-state index contributed by atoms with van der Waals surface area (Å²) in [5.74, 6) is -1.33. The number of ether oxygens (including phenoxy) is 1. The van der Waals surface area contributed by atoms with Crippen molar-refractivity contribution in [3.05, 3.63) is 34.6 Å². The van der Waals surface area contributed by atoms with E-state index in [0.29, 0.717) is 0 Å². The molecular weight excluding hydrogens is 382 g/mol. The monoisotopic (exact) mass is 404 g/mol. The number of benzene rings is 1. The lowest BCUT2D eigenvalue weighted by molar-refractivity contribution is -0.125. The second kappa shape index (κ2) is 7.98. The van der Waals surface area contributed by atoms with Gasteiger partial charge in [-0.1, -0.05) is 23.7 Å². The molecule has 1 fully saturated rings. The molecule has 6 nitrogen and oxygen atoms in total. The third-order valence-corrected chi connectivity index (χ3v) is 4.38. The summed E-state index contributed by atoms with van der Waals surface area (Å²) in [7, 11) is 0. The van der Waals surface area contributed by atoms with Crippen LogP contribution in [0.5, 0.6) is 0 Å². The zero-order chi connectivity index (χ0) is 20.4. The number of carbonyl (C=O) groups is 2. The lowest BCUT2D eigenvalue weighted by atomic mass is 10.0. The van der Waals surface area contributed by atoms with Gasteiger partial charge in [-0.05, 0) is 26.8 Å². The second-order valence-corrected chi connectivity index (χ2v) is 7.98. The molecule has 2 atom stereocenters. The van der Waals surface area contributed by atoms with Crippen LogP contribution in [0.3, 0.4) is 0 Å². The van der Waals surface area contributed by atoms with E-state index in [2.05, 4.69) is 5.32 Å². The van der Waals surface area contributed by atoms with Gasteiger partial charge in [0.15, 0.2) is 5.67 Å². The molecule has 1 aliphatic heterocycles. The molecule has 0 unspecified atom stereocenters. The number of alkyl halides is 1. The van der Waals surface area contributed by atoms with E-state index >= 15 is 0 Å². The minimum Gasteiger partial charge on any atom is -0.444 e. The van der Waals surface area contributed by atoms with E-state index in [9.17, 15) is 23.5 Å². The van der Waals surface area contributed by atoms with Crippen LogP contribution in [0, 0.1) is 5.82 Å². The third-order valence-electron chi connectivity index (χ3n) is 4.09. The number of hydrogen-bond acceptors (Lipinski definition) is 4. The fourth-order valence-corrected chi connectivity index (χ4v) is 2.98. The van der Waals surface area contributed by atoms with Crippen molar-refractivity contribution in [1.82, 2.24) is 10.2 Å². The van der Waals surface area contributed by atoms with Crippen molar-refractivity contribution in [3.63, 3.8) is 0 Å². The van der Waals surface area contributed by atoms with E-state index < -0.39 is 48.3 Å². The lowest BCUT2D eigenvalue weighted by Crippen LogP contribution is -2.47. The Morgan fingerprint density at radius 1 is 1.44 bits per heavy atom. The zero-order valence-electron chi connectivity index (χ0n) is 15.4. The number of aliphatic hydroxyl groups excluding tert-OH is 1. The predicted octanol–water partition coefficient (Wildman–Crippen LogP) is 2.81. The Morgan fingerprint density at radius 2 is 2.11 bits per heavy atom. The summed E-state index contributed by atoms with van der Waals surface area (Å²) >= 11 is 5.70. The number of likely N-dealkylation sites (tertiary alicyclic amines) is 1. The molecule has 2 rings (SSSR count). The number of carbonyl (C=O) groups excluding carboxylic acids is 2. The minimum atomic E-state index is -2.11. The SMILES string of the molecule is CC(C)(C)OC(=O)N1C[C@@](F)(CO)C[C@H]1C(=O)NCc1cccc(Cl)c1F. The zero-order valence-corrected chi connectivity index (χ0v) is 16.1. The van der Waals surface area contributed by atoms with Crippen LogP contribution in [0.4, 0.5) is 13.6 Å². The first kappa shape index (κ1) is 21.4. The largest absolute Gasteiger partial charge is 0.444 e. The van der Waals surface area contributed by atoms with E-state index in [1.807, 2.05) is 0 Å². The van der Waals surface area contributed by atoms with E-state index in [1.54, 1.807) is 20.8 Å². The Balaban J connectivity index is 2.13. The molecule has 1 heterocycles. The highest BCUT2D eigenvalue weighted by Gasteiger charge is 2.50. The minimum absolute atomic E-state index is 0.0824. The molecule has 1 aliphatic rings. The summed E-state index contributed by atoms with van der Waals surface area (Å²) in [6.45, 7) is 3.45. The first-order valence-electron chi connectivity index (χ1n) is 8.46. The molecule has 9 heteroatoms. The summed E-state index contributed by atoms with van der Waals surface area (Å²) in [5.41, 5.74) is -2.78. The number of nitrogens with one attached hydrogen (secondary N) is 1. The first-order chi connectivity index (χ1) is 12.5. The van der Waals surface area contributed by atoms with Crippen LogP contribution in [-0.2, 0) is 16.1 Å². The van der Waals surface area contributed by atoms with Gasteiger partial charge in [-0.3, -0.25) is 9.69 Å². The fourth-order valence-electron chi connectivity index (χ4n) is 2.78. The van der Waals surface area contributed by atoms with Crippen LogP contribution in [0.25, 0.3) is 0 Å². The summed E-state index contributed by atoms with van der Waals surface area (Å²) in [6, 6.07) is 3.18. The maximum absolute atomic E-state index is 14.6. The third kappa shape index (κ3) is 5.29. The van der Waals surface area contributed by atoms with E-state index in [1.165, 1.54) is 18.2 Å². The predicted molar refractivity (Wildman–Crippen MR) is 95.5 cm³/mol. The Hall–Kier alpha value is -1.93. The maximum Gasteiger partial charge on any atom is 0.411 e. The van der Waals surface area contributed by atoms with Crippen LogP contribution in [0.1, 0.15) is 32.8 Å². The van der Waals surface area contributed by atoms with Crippen molar-refractivity contribution in [2.24, 2.45) is 0 Å².